The number of halogens is 2. The van der Waals surface area contributed by atoms with Gasteiger partial charge in [-0.15, -0.1) is 0 Å². The fourth-order valence-electron chi connectivity index (χ4n) is 1.20. The van der Waals surface area contributed by atoms with E-state index in [2.05, 4.69) is 0 Å². The van der Waals surface area contributed by atoms with Crippen molar-refractivity contribution < 1.29 is 34.7 Å². The van der Waals surface area contributed by atoms with E-state index in [9.17, 15) is 34.7 Å². The van der Waals surface area contributed by atoms with Crippen molar-refractivity contribution in [2.45, 2.75) is 9.79 Å². The normalized spacial score (nSPS) is 11.0. The molecule has 120 valence electrons. The third-order valence-corrected chi connectivity index (χ3v) is 3.90. The van der Waals surface area contributed by atoms with Crippen molar-refractivity contribution in [2.24, 2.45) is 0 Å². The molecule has 2 aromatic rings. The molecule has 2 aromatic carbocycles. The van der Waals surface area contributed by atoms with Gasteiger partial charge < -0.3 is 9.11 Å². The SMILES string of the molecule is O=S(=O)([O-])c1ccc(F)cc1.O=S(=O)([O-])c1ccc(F)cc1.[Sr+2]. The Hall–Kier alpha value is -0.399. The van der Waals surface area contributed by atoms with Crippen molar-refractivity contribution in [3.05, 3.63) is 60.2 Å². The Morgan fingerprint density at radius 2 is 0.826 bits per heavy atom. The molecule has 0 heterocycles. The summed E-state index contributed by atoms with van der Waals surface area (Å²) < 4.78 is 86.0. The second-order valence-electron chi connectivity index (χ2n) is 3.82. The summed E-state index contributed by atoms with van der Waals surface area (Å²) in [5.41, 5.74) is 0. The van der Waals surface area contributed by atoms with Crippen LogP contribution < -0.4 is 0 Å². The molecule has 0 aliphatic rings. The fourth-order valence-corrected chi connectivity index (χ4v) is 2.14. The monoisotopic (exact) mass is 438 g/mol. The van der Waals surface area contributed by atoms with Crippen LogP contribution >= 0.6 is 0 Å². The second-order valence-corrected chi connectivity index (χ2v) is 6.58. The zero-order chi connectivity index (χ0) is 17.0. The van der Waals surface area contributed by atoms with Gasteiger partial charge in [0.1, 0.15) is 31.9 Å². The van der Waals surface area contributed by atoms with Gasteiger partial charge in [0.05, 0.1) is 9.79 Å². The maximum Gasteiger partial charge on any atom is 2.00 e. The molecule has 0 atom stereocenters. The van der Waals surface area contributed by atoms with Crippen LogP contribution in [0, 0.1) is 11.6 Å². The van der Waals surface area contributed by atoms with E-state index in [1.807, 2.05) is 0 Å². The smallest absolute Gasteiger partial charge is 0.744 e. The van der Waals surface area contributed by atoms with Crippen LogP contribution in [0.3, 0.4) is 0 Å². The van der Waals surface area contributed by atoms with E-state index in [-0.39, 0.29) is 45.5 Å². The Balaban J connectivity index is 0.000000403. The number of hydrogen-bond acceptors (Lipinski definition) is 6. The number of benzene rings is 2. The van der Waals surface area contributed by atoms with Gasteiger partial charge in [-0.1, -0.05) is 0 Å². The van der Waals surface area contributed by atoms with E-state index in [0.717, 1.165) is 48.5 Å². The van der Waals surface area contributed by atoms with Crippen LogP contribution in [0.15, 0.2) is 58.3 Å². The van der Waals surface area contributed by atoms with Gasteiger partial charge in [0.15, 0.2) is 0 Å². The molecule has 23 heavy (non-hydrogen) atoms. The van der Waals surface area contributed by atoms with E-state index in [1.54, 1.807) is 0 Å². The van der Waals surface area contributed by atoms with Crippen LogP contribution in [0.1, 0.15) is 0 Å². The van der Waals surface area contributed by atoms with Gasteiger partial charge in [-0.25, -0.2) is 25.6 Å². The second kappa shape index (κ2) is 9.18. The van der Waals surface area contributed by atoms with Gasteiger partial charge in [0.2, 0.25) is 0 Å². The molecule has 0 fully saturated rings. The minimum atomic E-state index is -4.44. The molecule has 0 aromatic heterocycles. The molecule has 0 aliphatic heterocycles. The van der Waals surface area contributed by atoms with Crippen LogP contribution in [-0.4, -0.2) is 71.4 Å². The average molecular weight is 438 g/mol. The maximum absolute atomic E-state index is 12.2. The minimum absolute atomic E-state index is 0. The van der Waals surface area contributed by atoms with Crippen molar-refractivity contribution in [1.29, 1.82) is 0 Å². The van der Waals surface area contributed by atoms with Gasteiger partial charge in [-0.3, -0.25) is 0 Å². The Kier molecular flexibility index (Phi) is 9.02. The van der Waals surface area contributed by atoms with Gasteiger partial charge in [-0.05, 0) is 48.5 Å². The first-order valence-corrected chi connectivity index (χ1v) is 8.25. The third kappa shape index (κ3) is 8.31. The third-order valence-electron chi connectivity index (χ3n) is 2.20. The molecule has 11 heteroatoms. The summed E-state index contributed by atoms with van der Waals surface area (Å²) in [4.78, 5) is -0.835. The topological polar surface area (TPSA) is 114 Å². The minimum Gasteiger partial charge on any atom is -0.744 e. The largest absolute Gasteiger partial charge is 2.00 e. The van der Waals surface area contributed by atoms with Crippen molar-refractivity contribution >= 4 is 65.7 Å². The maximum atomic E-state index is 12.2. The summed E-state index contributed by atoms with van der Waals surface area (Å²) in [6, 6.07) is 7.40. The van der Waals surface area contributed by atoms with Crippen molar-refractivity contribution in [3.63, 3.8) is 0 Å². The molecule has 6 nitrogen and oxygen atoms in total. The van der Waals surface area contributed by atoms with Crippen LogP contribution in [0.4, 0.5) is 8.78 Å². The van der Waals surface area contributed by atoms with Gasteiger partial charge >= 0.3 is 45.5 Å². The first-order chi connectivity index (χ1) is 10.00. The molecule has 0 amide bonds. The standard InChI is InChI=1S/2C6H5FO3S.Sr/c2*7-5-1-3-6(4-2-5)11(8,9)10;/h2*1-4H,(H,8,9,10);/q;;+2/p-2. The molecular formula is C12H8F2O6S2Sr. The number of hydrogen-bond donors (Lipinski definition) is 0. The number of rotatable bonds is 2. The van der Waals surface area contributed by atoms with E-state index in [4.69, 9.17) is 0 Å². The summed E-state index contributed by atoms with van der Waals surface area (Å²) in [5.74, 6) is -1.14. The molecule has 0 spiro atoms. The Morgan fingerprint density at radius 1 is 0.609 bits per heavy atom. The summed E-state index contributed by atoms with van der Waals surface area (Å²) >= 11 is 0. The van der Waals surface area contributed by atoms with Gasteiger partial charge in [0, 0.05) is 0 Å². The molecule has 0 radical (unpaired) electrons. The summed E-state index contributed by atoms with van der Waals surface area (Å²) in [7, 11) is -8.87. The first kappa shape index (κ1) is 22.6. The van der Waals surface area contributed by atoms with E-state index < -0.39 is 41.7 Å². The van der Waals surface area contributed by atoms with Gasteiger partial charge in [0.25, 0.3) is 0 Å². The Morgan fingerprint density at radius 3 is 1.00 bits per heavy atom. The average Bonchev–Trinajstić information content (AvgIpc) is 2.38. The van der Waals surface area contributed by atoms with Crippen LogP contribution in [-0.2, 0) is 20.2 Å². The van der Waals surface area contributed by atoms with E-state index in [0.29, 0.717) is 0 Å². The zero-order valence-electron chi connectivity index (χ0n) is 11.3. The molecule has 0 N–H and O–H groups in total. The molecular weight excluding hydrogens is 430 g/mol. The predicted octanol–water partition coefficient (Wildman–Crippen LogP) is 1.08. The summed E-state index contributed by atoms with van der Waals surface area (Å²) in [6.45, 7) is 0. The van der Waals surface area contributed by atoms with Gasteiger partial charge in [-0.2, -0.15) is 0 Å². The van der Waals surface area contributed by atoms with Crippen LogP contribution in [0.2, 0.25) is 0 Å². The predicted molar refractivity (Wildman–Crippen MR) is 74.5 cm³/mol. The van der Waals surface area contributed by atoms with Crippen molar-refractivity contribution in [3.8, 4) is 0 Å². The fraction of sp³-hybridized carbons (Fsp3) is 0. The molecule has 0 unspecified atom stereocenters. The van der Waals surface area contributed by atoms with Crippen molar-refractivity contribution in [1.82, 2.24) is 0 Å². The van der Waals surface area contributed by atoms with E-state index >= 15 is 0 Å². The zero-order valence-corrected chi connectivity index (χ0v) is 16.5. The molecule has 0 saturated carbocycles. The van der Waals surface area contributed by atoms with Crippen molar-refractivity contribution in [2.75, 3.05) is 0 Å². The van der Waals surface area contributed by atoms with Crippen LogP contribution in [0.5, 0.6) is 0 Å². The molecule has 0 bridgehead atoms. The Labute approximate surface area is 168 Å². The molecule has 0 aliphatic carbocycles. The summed E-state index contributed by atoms with van der Waals surface area (Å²) in [5, 5.41) is 0. The molecule has 0 saturated heterocycles. The summed E-state index contributed by atoms with van der Waals surface area (Å²) in [6.07, 6.45) is 0. The van der Waals surface area contributed by atoms with Crippen LogP contribution in [0.25, 0.3) is 0 Å². The first-order valence-electron chi connectivity index (χ1n) is 5.43. The van der Waals surface area contributed by atoms with E-state index in [1.165, 1.54) is 0 Å². The quantitative estimate of drug-likeness (QED) is 0.513. The molecule has 2 rings (SSSR count). The Bertz CT molecular complexity index is 761.